The molecule has 7 nitrogen and oxygen atoms in total. The normalized spacial score (nSPS) is 14.5. The van der Waals surface area contributed by atoms with E-state index >= 15 is 0 Å². The maximum Gasteiger partial charge on any atom is 0.248 e. The number of fused-ring (bicyclic) bond motifs is 1. The van der Waals surface area contributed by atoms with E-state index in [0.29, 0.717) is 22.3 Å². The van der Waals surface area contributed by atoms with Gasteiger partial charge in [0.15, 0.2) is 0 Å². The lowest BCUT2D eigenvalue weighted by molar-refractivity contribution is 0.309. The highest BCUT2D eigenvalue weighted by atomic mass is 32.3. The first-order chi connectivity index (χ1) is 16.7. The van der Waals surface area contributed by atoms with Crippen LogP contribution in [0.5, 0.6) is 11.5 Å². The van der Waals surface area contributed by atoms with Gasteiger partial charge < -0.3 is 9.64 Å². The minimum absolute atomic E-state index is 0.127. The Morgan fingerprint density at radius 3 is 2.03 bits per heavy atom. The van der Waals surface area contributed by atoms with Gasteiger partial charge in [-0.25, -0.2) is 16.8 Å². The van der Waals surface area contributed by atoms with Crippen LogP contribution in [0.4, 0.5) is 5.69 Å². The van der Waals surface area contributed by atoms with E-state index in [1.165, 1.54) is 23.3 Å². The lowest BCUT2D eigenvalue weighted by Crippen LogP contribution is -2.40. The lowest BCUT2D eigenvalue weighted by Gasteiger charge is -2.26. The monoisotopic (exact) mass is 522 g/mol. The van der Waals surface area contributed by atoms with E-state index in [2.05, 4.69) is 18.0 Å². The van der Waals surface area contributed by atoms with E-state index < -0.39 is 20.0 Å². The Balaban J connectivity index is 1.86. The van der Waals surface area contributed by atoms with Crippen LogP contribution < -0.4 is 8.45 Å². The third-order valence-corrected chi connectivity index (χ3v) is 10.6. The zero-order valence-electron chi connectivity index (χ0n) is 21.1. The van der Waals surface area contributed by atoms with Crippen LogP contribution >= 0.6 is 0 Å². The summed E-state index contributed by atoms with van der Waals surface area (Å²) in [5, 5.41) is 0. The molecule has 0 saturated heterocycles. The lowest BCUT2D eigenvalue weighted by atomic mass is 9.99. The standard InChI is InChI=1S/C26H38N2O5S2/c1-4-6-8-19-34(29,30)28(35(31,32)20-9-7-5-2)23-13-15-24(16-14-23)33-26-12-10-11-22-21-27(3)18-17-25(22)26/h10-16H,4-9,17-21H2,1-3H3. The molecular formula is C26H38N2O5S2. The molecule has 2 aromatic rings. The van der Waals surface area contributed by atoms with Crippen LogP contribution in [0, 0.1) is 0 Å². The average Bonchev–Trinajstić information content (AvgIpc) is 2.80. The molecule has 0 unspecified atom stereocenters. The van der Waals surface area contributed by atoms with Gasteiger partial charge in [-0.1, -0.05) is 51.7 Å². The fraction of sp³-hybridized carbons (Fsp3) is 0.538. The molecule has 0 radical (unpaired) electrons. The van der Waals surface area contributed by atoms with Crippen molar-refractivity contribution in [1.29, 1.82) is 0 Å². The Kier molecular flexibility index (Phi) is 9.61. The number of ether oxygens (including phenoxy) is 1. The first kappa shape index (κ1) is 27.5. The van der Waals surface area contributed by atoms with Crippen molar-refractivity contribution in [2.75, 3.05) is 28.8 Å². The summed E-state index contributed by atoms with van der Waals surface area (Å²) < 4.78 is 59.4. The third kappa shape index (κ3) is 7.21. The summed E-state index contributed by atoms with van der Waals surface area (Å²) in [5.41, 5.74) is 2.53. The molecule has 0 spiro atoms. The van der Waals surface area contributed by atoms with Gasteiger partial charge in [0.2, 0.25) is 20.0 Å². The van der Waals surface area contributed by atoms with E-state index in [4.69, 9.17) is 4.74 Å². The summed E-state index contributed by atoms with van der Waals surface area (Å²) in [6.07, 6.45) is 4.90. The molecule has 0 bridgehead atoms. The van der Waals surface area contributed by atoms with Gasteiger partial charge in [0.25, 0.3) is 0 Å². The van der Waals surface area contributed by atoms with Crippen LogP contribution in [0.1, 0.15) is 63.5 Å². The first-order valence-electron chi connectivity index (χ1n) is 12.5. The Morgan fingerprint density at radius 2 is 1.46 bits per heavy atom. The fourth-order valence-electron chi connectivity index (χ4n) is 4.30. The summed E-state index contributed by atoms with van der Waals surface area (Å²) >= 11 is 0. The molecule has 0 fully saturated rings. The van der Waals surface area contributed by atoms with E-state index in [0.717, 1.165) is 50.9 Å². The number of sulfonamides is 2. The molecule has 1 aliphatic rings. The van der Waals surface area contributed by atoms with Gasteiger partial charge in [-0.05, 0) is 62.2 Å². The van der Waals surface area contributed by atoms with Crippen LogP contribution in [-0.4, -0.2) is 46.8 Å². The van der Waals surface area contributed by atoms with Crippen molar-refractivity contribution in [1.82, 2.24) is 4.90 Å². The molecule has 35 heavy (non-hydrogen) atoms. The predicted octanol–water partition coefficient (Wildman–Crippen LogP) is 5.31. The van der Waals surface area contributed by atoms with Gasteiger partial charge in [0.1, 0.15) is 11.5 Å². The second-order valence-corrected chi connectivity index (χ2v) is 13.3. The Bertz CT molecular complexity index is 1140. The highest BCUT2D eigenvalue weighted by Crippen LogP contribution is 2.33. The predicted molar refractivity (Wildman–Crippen MR) is 142 cm³/mol. The number of nitrogens with zero attached hydrogens (tertiary/aromatic N) is 2. The first-order valence-corrected chi connectivity index (χ1v) is 15.7. The number of anilines is 1. The molecule has 3 rings (SSSR count). The molecule has 2 aromatic carbocycles. The maximum atomic E-state index is 13.2. The van der Waals surface area contributed by atoms with Crippen molar-refractivity contribution in [3.05, 3.63) is 53.6 Å². The summed E-state index contributed by atoms with van der Waals surface area (Å²) in [6.45, 7) is 5.78. The SMILES string of the molecule is CCCCCS(=O)(=O)N(c1ccc(Oc2cccc3c2CCN(C)C3)cc1)S(=O)(=O)CCCCC. The number of unbranched alkanes of at least 4 members (excludes halogenated alkanes) is 4. The van der Waals surface area contributed by atoms with Crippen LogP contribution in [0.25, 0.3) is 0 Å². The summed E-state index contributed by atoms with van der Waals surface area (Å²) in [5.74, 6) is 0.917. The molecule has 194 valence electrons. The number of hydrogen-bond donors (Lipinski definition) is 0. The third-order valence-electron chi connectivity index (χ3n) is 6.21. The van der Waals surface area contributed by atoms with E-state index in [-0.39, 0.29) is 17.2 Å². The molecule has 9 heteroatoms. The van der Waals surface area contributed by atoms with Gasteiger partial charge in [0, 0.05) is 18.7 Å². The summed E-state index contributed by atoms with van der Waals surface area (Å²) in [7, 11) is -5.97. The second-order valence-electron chi connectivity index (χ2n) is 9.22. The molecule has 0 amide bonds. The van der Waals surface area contributed by atoms with Crippen molar-refractivity contribution in [2.45, 2.75) is 65.3 Å². The quantitative estimate of drug-likeness (QED) is 0.331. The van der Waals surface area contributed by atoms with Crippen LogP contribution in [0.3, 0.4) is 0 Å². The van der Waals surface area contributed by atoms with Crippen molar-refractivity contribution in [3.63, 3.8) is 0 Å². The van der Waals surface area contributed by atoms with E-state index in [9.17, 15) is 16.8 Å². The molecule has 0 N–H and O–H groups in total. The second kappa shape index (κ2) is 12.2. The molecular weight excluding hydrogens is 484 g/mol. The van der Waals surface area contributed by atoms with E-state index in [1.807, 2.05) is 26.0 Å². The van der Waals surface area contributed by atoms with Crippen LogP contribution in [-0.2, 0) is 33.0 Å². The molecule has 0 aliphatic carbocycles. The minimum Gasteiger partial charge on any atom is -0.457 e. The van der Waals surface area contributed by atoms with Gasteiger partial charge in [-0.3, -0.25) is 0 Å². The van der Waals surface area contributed by atoms with Crippen molar-refractivity contribution >= 4 is 25.7 Å². The molecule has 0 saturated carbocycles. The number of rotatable bonds is 13. The largest absolute Gasteiger partial charge is 0.457 e. The van der Waals surface area contributed by atoms with Crippen LogP contribution in [0.2, 0.25) is 0 Å². The molecule has 0 atom stereocenters. The van der Waals surface area contributed by atoms with E-state index in [1.54, 1.807) is 12.1 Å². The van der Waals surface area contributed by atoms with Crippen molar-refractivity contribution < 1.29 is 21.6 Å². The highest BCUT2D eigenvalue weighted by molar-refractivity contribution is 8.10. The van der Waals surface area contributed by atoms with Crippen molar-refractivity contribution in [3.8, 4) is 11.5 Å². The number of hydrogen-bond acceptors (Lipinski definition) is 6. The zero-order chi connectivity index (χ0) is 25.5. The Morgan fingerprint density at radius 1 is 0.857 bits per heavy atom. The zero-order valence-corrected chi connectivity index (χ0v) is 22.7. The van der Waals surface area contributed by atoms with Gasteiger partial charge in [0.05, 0.1) is 17.2 Å². The van der Waals surface area contributed by atoms with Gasteiger partial charge >= 0.3 is 0 Å². The maximum absolute atomic E-state index is 13.2. The average molecular weight is 523 g/mol. The summed E-state index contributed by atoms with van der Waals surface area (Å²) in [6, 6.07) is 12.3. The smallest absolute Gasteiger partial charge is 0.248 e. The molecule has 0 aromatic heterocycles. The minimum atomic E-state index is -4.03. The number of likely N-dealkylation sites (N-methyl/N-ethyl adjacent to an activating group) is 1. The summed E-state index contributed by atoms with van der Waals surface area (Å²) in [4.78, 5) is 2.26. The Labute approximate surface area is 211 Å². The highest BCUT2D eigenvalue weighted by Gasteiger charge is 2.33. The van der Waals surface area contributed by atoms with Gasteiger partial charge in [-0.15, -0.1) is 0 Å². The fourth-order valence-corrected chi connectivity index (χ4v) is 8.49. The van der Waals surface area contributed by atoms with Gasteiger partial charge in [-0.2, -0.15) is 3.71 Å². The molecule has 1 aliphatic heterocycles. The van der Waals surface area contributed by atoms with Crippen LogP contribution in [0.15, 0.2) is 42.5 Å². The number of benzene rings is 2. The molecule has 1 heterocycles. The van der Waals surface area contributed by atoms with Crippen molar-refractivity contribution in [2.24, 2.45) is 0 Å². The topological polar surface area (TPSA) is 84.0 Å². The Hall–Kier alpha value is -2.10.